The van der Waals surface area contributed by atoms with E-state index in [1.807, 2.05) is 0 Å². The van der Waals surface area contributed by atoms with Crippen molar-refractivity contribution in [2.24, 2.45) is 5.92 Å². The second kappa shape index (κ2) is 6.96. The van der Waals surface area contributed by atoms with E-state index < -0.39 is 11.8 Å². The first-order chi connectivity index (χ1) is 10.4. The Balaban J connectivity index is 1.93. The Kier molecular flexibility index (Phi) is 5.24. The predicted octanol–water partition coefficient (Wildman–Crippen LogP) is 3.05. The monoisotopic (exact) mass is 328 g/mol. The second-order valence-corrected chi connectivity index (χ2v) is 5.84. The molecule has 5 nitrogen and oxygen atoms in total. The van der Waals surface area contributed by atoms with Crippen molar-refractivity contribution in [1.82, 2.24) is 10.2 Å². The van der Waals surface area contributed by atoms with E-state index in [9.17, 15) is 14.0 Å². The Bertz CT molecular complexity index is 574. The maximum atomic E-state index is 13.0. The van der Waals surface area contributed by atoms with Gasteiger partial charge in [0, 0.05) is 18.1 Å². The van der Waals surface area contributed by atoms with Crippen LogP contribution >= 0.6 is 11.6 Å². The topological polar surface area (TPSA) is 69.6 Å². The van der Waals surface area contributed by atoms with Crippen LogP contribution in [0.1, 0.15) is 31.4 Å². The van der Waals surface area contributed by atoms with Crippen molar-refractivity contribution in [2.45, 2.75) is 25.8 Å². The summed E-state index contributed by atoms with van der Waals surface area (Å²) in [6.07, 6.45) is 0.906. The fourth-order valence-electron chi connectivity index (χ4n) is 2.54. The number of carboxylic acid groups (broad SMARTS) is 1. The summed E-state index contributed by atoms with van der Waals surface area (Å²) in [6.45, 7) is 2.58. The number of rotatable bonds is 3. The Labute approximate surface area is 133 Å². The van der Waals surface area contributed by atoms with Gasteiger partial charge in [-0.15, -0.1) is 0 Å². The molecule has 1 saturated heterocycles. The van der Waals surface area contributed by atoms with Gasteiger partial charge in [-0.25, -0.2) is 9.18 Å². The molecule has 0 aliphatic carbocycles. The number of benzene rings is 1. The number of carbonyl (C=O) groups excluding carboxylic acids is 1. The molecule has 0 radical (unpaired) electrons. The van der Waals surface area contributed by atoms with Crippen LogP contribution in [0.4, 0.5) is 9.18 Å². The first kappa shape index (κ1) is 16.5. The molecule has 0 spiro atoms. The number of nitrogens with one attached hydrogen (secondary N) is 1. The molecule has 120 valence electrons. The summed E-state index contributed by atoms with van der Waals surface area (Å²) in [4.78, 5) is 24.7. The highest BCUT2D eigenvalue weighted by molar-refractivity contribution is 6.31. The van der Waals surface area contributed by atoms with E-state index in [0.717, 1.165) is 0 Å². The van der Waals surface area contributed by atoms with Gasteiger partial charge in [-0.2, -0.15) is 0 Å². The van der Waals surface area contributed by atoms with Crippen LogP contribution in [-0.4, -0.2) is 35.1 Å². The Morgan fingerprint density at radius 2 is 2.05 bits per heavy atom. The quantitative estimate of drug-likeness (QED) is 0.896. The summed E-state index contributed by atoms with van der Waals surface area (Å²) in [5.41, 5.74) is 0.636. The number of likely N-dealkylation sites (tertiary alicyclic amines) is 1. The molecule has 22 heavy (non-hydrogen) atoms. The van der Waals surface area contributed by atoms with Crippen LogP contribution < -0.4 is 5.32 Å². The van der Waals surface area contributed by atoms with Crippen molar-refractivity contribution in [2.75, 3.05) is 13.1 Å². The molecule has 1 fully saturated rings. The van der Waals surface area contributed by atoms with E-state index in [1.54, 1.807) is 17.9 Å². The Morgan fingerprint density at radius 1 is 1.41 bits per heavy atom. The molecule has 0 aromatic heterocycles. The zero-order valence-electron chi connectivity index (χ0n) is 12.2. The van der Waals surface area contributed by atoms with Gasteiger partial charge in [-0.3, -0.25) is 4.79 Å². The van der Waals surface area contributed by atoms with Crippen molar-refractivity contribution < 1.29 is 19.1 Å². The average molecular weight is 329 g/mol. The van der Waals surface area contributed by atoms with Gasteiger partial charge in [0.25, 0.3) is 0 Å². The fourth-order valence-corrected chi connectivity index (χ4v) is 2.87. The number of nitrogens with zero attached hydrogens (tertiary/aromatic N) is 1. The van der Waals surface area contributed by atoms with Crippen LogP contribution in [0, 0.1) is 11.7 Å². The summed E-state index contributed by atoms with van der Waals surface area (Å²) in [7, 11) is 0. The number of aliphatic carboxylic acids is 1. The lowest BCUT2D eigenvalue weighted by molar-refractivity contribution is -0.143. The van der Waals surface area contributed by atoms with E-state index in [2.05, 4.69) is 5.32 Å². The molecule has 1 aromatic rings. The molecule has 0 saturated carbocycles. The molecule has 2 rings (SSSR count). The molecule has 0 unspecified atom stereocenters. The molecule has 7 heteroatoms. The highest BCUT2D eigenvalue weighted by Gasteiger charge is 2.27. The highest BCUT2D eigenvalue weighted by Crippen LogP contribution is 2.24. The third-order valence-electron chi connectivity index (χ3n) is 3.90. The molecule has 2 amide bonds. The van der Waals surface area contributed by atoms with Crippen LogP contribution in [0.3, 0.4) is 0 Å². The van der Waals surface area contributed by atoms with E-state index in [-0.39, 0.29) is 23.0 Å². The maximum absolute atomic E-state index is 13.0. The van der Waals surface area contributed by atoms with Gasteiger partial charge >= 0.3 is 12.0 Å². The van der Waals surface area contributed by atoms with Gasteiger partial charge < -0.3 is 15.3 Å². The first-order valence-electron chi connectivity index (χ1n) is 7.11. The number of amides is 2. The number of hydrogen-bond donors (Lipinski definition) is 2. The van der Waals surface area contributed by atoms with E-state index in [4.69, 9.17) is 16.7 Å². The summed E-state index contributed by atoms with van der Waals surface area (Å²) < 4.78 is 13.0. The number of carbonyl (C=O) groups is 2. The highest BCUT2D eigenvalue weighted by atomic mass is 35.5. The fraction of sp³-hybridized carbons (Fsp3) is 0.467. The Morgan fingerprint density at radius 3 is 2.59 bits per heavy atom. The largest absolute Gasteiger partial charge is 0.481 e. The maximum Gasteiger partial charge on any atom is 0.317 e. The molecule has 1 atom stereocenters. The summed E-state index contributed by atoms with van der Waals surface area (Å²) >= 11 is 5.98. The summed E-state index contributed by atoms with van der Waals surface area (Å²) in [5, 5.41) is 12.0. The number of piperidine rings is 1. The molecule has 1 aliphatic heterocycles. The van der Waals surface area contributed by atoms with Crippen molar-refractivity contribution in [1.29, 1.82) is 0 Å². The van der Waals surface area contributed by atoms with Gasteiger partial charge in [0.15, 0.2) is 0 Å². The number of halogens is 2. The van der Waals surface area contributed by atoms with Crippen molar-refractivity contribution in [3.63, 3.8) is 0 Å². The molecule has 2 N–H and O–H groups in total. The molecule has 1 heterocycles. The third kappa shape index (κ3) is 3.88. The number of carboxylic acids is 1. The van der Waals surface area contributed by atoms with E-state index in [0.29, 0.717) is 31.5 Å². The molecule has 0 bridgehead atoms. The van der Waals surface area contributed by atoms with Gasteiger partial charge in [0.2, 0.25) is 0 Å². The first-order valence-corrected chi connectivity index (χ1v) is 7.49. The lowest BCUT2D eigenvalue weighted by atomic mass is 9.97. The van der Waals surface area contributed by atoms with Crippen LogP contribution in [0.25, 0.3) is 0 Å². The minimum Gasteiger partial charge on any atom is -0.481 e. The van der Waals surface area contributed by atoms with Crippen LogP contribution in [0.15, 0.2) is 18.2 Å². The van der Waals surface area contributed by atoms with Crippen LogP contribution in [0.2, 0.25) is 5.02 Å². The Hall–Kier alpha value is -1.82. The van der Waals surface area contributed by atoms with Crippen molar-refractivity contribution in [3.8, 4) is 0 Å². The van der Waals surface area contributed by atoms with Gasteiger partial charge in [-0.05, 0) is 37.5 Å². The normalized spacial score (nSPS) is 17.1. The molecular formula is C15H18ClFN2O3. The zero-order chi connectivity index (χ0) is 16.3. The van der Waals surface area contributed by atoms with Crippen LogP contribution in [0.5, 0.6) is 0 Å². The van der Waals surface area contributed by atoms with Crippen molar-refractivity contribution in [3.05, 3.63) is 34.6 Å². The number of hydrogen-bond acceptors (Lipinski definition) is 2. The zero-order valence-corrected chi connectivity index (χ0v) is 12.9. The molecule has 1 aliphatic rings. The summed E-state index contributed by atoms with van der Waals surface area (Å²) in [6, 6.07) is 3.41. The van der Waals surface area contributed by atoms with Gasteiger partial charge in [0.05, 0.1) is 12.0 Å². The number of urea groups is 1. The van der Waals surface area contributed by atoms with Crippen molar-refractivity contribution >= 4 is 23.6 Å². The average Bonchev–Trinajstić information content (AvgIpc) is 2.47. The smallest absolute Gasteiger partial charge is 0.317 e. The minimum absolute atomic E-state index is 0.261. The van der Waals surface area contributed by atoms with Gasteiger partial charge in [0.1, 0.15) is 5.82 Å². The van der Waals surface area contributed by atoms with Gasteiger partial charge in [-0.1, -0.05) is 17.7 Å². The van der Waals surface area contributed by atoms with E-state index in [1.165, 1.54) is 12.1 Å². The minimum atomic E-state index is -0.813. The lowest BCUT2D eigenvalue weighted by Crippen LogP contribution is -2.46. The van der Waals surface area contributed by atoms with E-state index >= 15 is 0 Å². The molecular weight excluding hydrogens is 311 g/mol. The lowest BCUT2D eigenvalue weighted by Gasteiger charge is -2.31. The third-order valence-corrected chi connectivity index (χ3v) is 4.23. The predicted molar refractivity (Wildman–Crippen MR) is 80.3 cm³/mol. The van der Waals surface area contributed by atoms with Crippen LogP contribution in [-0.2, 0) is 4.79 Å². The second-order valence-electron chi connectivity index (χ2n) is 5.44. The molecule has 1 aromatic carbocycles. The SMILES string of the molecule is C[C@@H](NC(=O)N1CCC(C(=O)O)CC1)c1ccc(F)cc1Cl. The standard InChI is InChI=1S/C15H18ClFN2O3/c1-9(12-3-2-11(17)8-13(12)16)18-15(22)19-6-4-10(5-7-19)14(20)21/h2-3,8-10H,4-7H2,1H3,(H,18,22)(H,20,21)/t9-/m1/s1. The summed E-state index contributed by atoms with van der Waals surface area (Å²) in [5.74, 6) is -1.62.